The lowest BCUT2D eigenvalue weighted by Crippen LogP contribution is -2.42. The van der Waals surface area contributed by atoms with Crippen molar-refractivity contribution in [2.24, 2.45) is 5.73 Å². The maximum absolute atomic E-state index is 13.3. The smallest absolute Gasteiger partial charge is 0.253 e. The molecule has 1 aliphatic rings. The van der Waals surface area contributed by atoms with Crippen LogP contribution in [0.5, 0.6) is 5.75 Å². The van der Waals surface area contributed by atoms with Gasteiger partial charge in [0.1, 0.15) is 5.76 Å². The number of ether oxygens (including phenoxy) is 1. The fourth-order valence-electron chi connectivity index (χ4n) is 3.62. The fourth-order valence-corrected chi connectivity index (χ4v) is 3.62. The van der Waals surface area contributed by atoms with Crippen LogP contribution in [0.25, 0.3) is 22.1 Å². The van der Waals surface area contributed by atoms with Crippen molar-refractivity contribution in [3.05, 3.63) is 53.8 Å². The van der Waals surface area contributed by atoms with E-state index in [0.29, 0.717) is 29.2 Å². The van der Waals surface area contributed by atoms with Crippen LogP contribution in [0, 0.1) is 0 Å². The maximum Gasteiger partial charge on any atom is 0.253 e. The first kappa shape index (κ1) is 19.4. The van der Waals surface area contributed by atoms with E-state index in [-0.39, 0.29) is 31.8 Å². The largest absolute Gasteiger partial charge is 0.493 e. The van der Waals surface area contributed by atoms with Crippen LogP contribution < -0.4 is 10.5 Å². The maximum atomic E-state index is 13.3. The second-order valence-corrected chi connectivity index (χ2v) is 7.24. The molecule has 3 aromatic rings. The number of amides is 1. The van der Waals surface area contributed by atoms with Gasteiger partial charge in [0.15, 0.2) is 11.3 Å². The average Bonchev–Trinajstić information content (AvgIpc) is 3.16. The van der Waals surface area contributed by atoms with Gasteiger partial charge in [0.2, 0.25) is 0 Å². The zero-order valence-electron chi connectivity index (χ0n) is 16.1. The number of benzene rings is 2. The molecule has 2 heterocycles. The van der Waals surface area contributed by atoms with E-state index in [4.69, 9.17) is 14.9 Å². The minimum Gasteiger partial charge on any atom is -0.493 e. The van der Waals surface area contributed by atoms with E-state index in [1.54, 1.807) is 19.2 Å². The second kappa shape index (κ2) is 7.48. The molecule has 1 fully saturated rings. The highest BCUT2D eigenvalue weighted by Crippen LogP contribution is 2.35. The number of methoxy groups -OCH3 is 1. The Bertz CT molecular complexity index is 1030. The van der Waals surface area contributed by atoms with Crippen molar-refractivity contribution in [2.45, 2.75) is 25.3 Å². The molecule has 0 unspecified atom stereocenters. The summed E-state index contributed by atoms with van der Waals surface area (Å²) in [7, 11) is 1.58. The number of nitrogens with two attached hydrogens (primary N) is 1. The molecule has 0 saturated carbocycles. The zero-order chi connectivity index (χ0) is 20.6. The number of halogens is 2. The van der Waals surface area contributed by atoms with Gasteiger partial charge < -0.3 is 19.8 Å². The molecule has 7 heteroatoms. The Labute approximate surface area is 167 Å². The van der Waals surface area contributed by atoms with Gasteiger partial charge in [-0.05, 0) is 41.5 Å². The van der Waals surface area contributed by atoms with Gasteiger partial charge in [0.25, 0.3) is 11.8 Å². The average molecular weight is 400 g/mol. The van der Waals surface area contributed by atoms with Gasteiger partial charge in [-0.3, -0.25) is 4.79 Å². The lowest BCUT2D eigenvalue weighted by molar-refractivity contribution is -0.0494. The molecule has 5 nitrogen and oxygen atoms in total. The van der Waals surface area contributed by atoms with Gasteiger partial charge in [-0.2, -0.15) is 0 Å². The minimum absolute atomic E-state index is 0.0748. The van der Waals surface area contributed by atoms with Gasteiger partial charge in [0, 0.05) is 36.9 Å². The first-order chi connectivity index (χ1) is 13.9. The first-order valence-electron chi connectivity index (χ1n) is 9.48. The number of fused-ring (bicyclic) bond motifs is 1. The molecule has 29 heavy (non-hydrogen) atoms. The Balaban J connectivity index is 1.58. The Kier molecular flexibility index (Phi) is 5.00. The highest BCUT2D eigenvalue weighted by molar-refractivity contribution is 5.95. The van der Waals surface area contributed by atoms with E-state index in [9.17, 15) is 13.6 Å². The number of piperidine rings is 1. The van der Waals surface area contributed by atoms with Crippen molar-refractivity contribution in [3.8, 4) is 16.9 Å². The summed E-state index contributed by atoms with van der Waals surface area (Å²) in [5, 5.41) is 0.884. The Morgan fingerprint density at radius 3 is 2.45 bits per heavy atom. The second-order valence-electron chi connectivity index (χ2n) is 7.24. The van der Waals surface area contributed by atoms with Crippen LogP contribution in [0.15, 0.2) is 46.9 Å². The SMILES string of the molecule is COc1cc(-c2ccc(C(=O)N3CCC(F)(F)CC3)cc2)cc2cc(CN)oc12. The number of carbonyl (C=O) groups excluding carboxylic acids is 1. The molecule has 0 aliphatic carbocycles. The number of rotatable bonds is 4. The first-order valence-corrected chi connectivity index (χ1v) is 9.48. The molecule has 152 valence electrons. The third-order valence-electron chi connectivity index (χ3n) is 5.30. The van der Waals surface area contributed by atoms with Crippen LogP contribution in [0.4, 0.5) is 8.78 Å². The molecule has 0 radical (unpaired) electrons. The highest BCUT2D eigenvalue weighted by atomic mass is 19.3. The van der Waals surface area contributed by atoms with Gasteiger partial charge in [0.05, 0.1) is 13.7 Å². The molecule has 1 aliphatic heterocycles. The van der Waals surface area contributed by atoms with Crippen molar-refractivity contribution >= 4 is 16.9 Å². The molecule has 0 atom stereocenters. The number of carbonyl (C=O) groups is 1. The van der Waals surface area contributed by atoms with E-state index < -0.39 is 5.92 Å². The van der Waals surface area contributed by atoms with Crippen LogP contribution in [0.2, 0.25) is 0 Å². The molecule has 1 amide bonds. The molecular formula is C22H22F2N2O3. The summed E-state index contributed by atoms with van der Waals surface area (Å²) >= 11 is 0. The van der Waals surface area contributed by atoms with Crippen molar-refractivity contribution in [1.82, 2.24) is 4.90 Å². The topological polar surface area (TPSA) is 68.7 Å². The van der Waals surface area contributed by atoms with Crippen LogP contribution in [0.1, 0.15) is 29.0 Å². The lowest BCUT2D eigenvalue weighted by Gasteiger charge is -2.31. The summed E-state index contributed by atoms with van der Waals surface area (Å²) in [6.45, 7) is 0.448. The Morgan fingerprint density at radius 1 is 1.14 bits per heavy atom. The zero-order valence-corrected chi connectivity index (χ0v) is 16.1. The summed E-state index contributed by atoms with van der Waals surface area (Å²) in [4.78, 5) is 14.1. The molecule has 2 N–H and O–H groups in total. The number of nitrogens with zero attached hydrogens (tertiary/aromatic N) is 1. The van der Waals surface area contributed by atoms with Gasteiger partial charge >= 0.3 is 0 Å². The molecule has 1 aromatic heterocycles. The van der Waals surface area contributed by atoms with E-state index >= 15 is 0 Å². The van der Waals surface area contributed by atoms with Crippen molar-refractivity contribution in [2.75, 3.05) is 20.2 Å². The van der Waals surface area contributed by atoms with Crippen molar-refractivity contribution in [3.63, 3.8) is 0 Å². The van der Waals surface area contributed by atoms with E-state index in [1.165, 1.54) is 4.90 Å². The molecule has 2 aromatic carbocycles. The van der Waals surface area contributed by atoms with Crippen molar-refractivity contribution < 1.29 is 22.7 Å². The Hall–Kier alpha value is -2.93. The predicted octanol–water partition coefficient (Wildman–Crippen LogP) is 4.44. The lowest BCUT2D eigenvalue weighted by atomic mass is 10.0. The van der Waals surface area contributed by atoms with E-state index in [0.717, 1.165) is 16.5 Å². The minimum atomic E-state index is -2.67. The number of hydrogen-bond donors (Lipinski definition) is 1. The standard InChI is InChI=1S/C22H22F2N2O3/c1-28-19-12-16(10-17-11-18(13-25)29-20(17)19)14-2-4-15(5-3-14)21(27)26-8-6-22(23,24)7-9-26/h2-5,10-12H,6-9,13,25H2,1H3. The van der Waals surface area contributed by atoms with Crippen LogP contribution in [-0.2, 0) is 6.54 Å². The number of furan rings is 1. The number of hydrogen-bond acceptors (Lipinski definition) is 4. The molecule has 0 bridgehead atoms. The fraction of sp³-hybridized carbons (Fsp3) is 0.318. The summed E-state index contributed by atoms with van der Waals surface area (Å²) < 4.78 is 37.8. The van der Waals surface area contributed by atoms with Crippen molar-refractivity contribution in [1.29, 1.82) is 0 Å². The molecule has 0 spiro atoms. The summed E-state index contributed by atoms with van der Waals surface area (Å²) in [5.41, 5.74) is 8.61. The molecule has 1 saturated heterocycles. The molecular weight excluding hydrogens is 378 g/mol. The third-order valence-corrected chi connectivity index (χ3v) is 5.30. The monoisotopic (exact) mass is 400 g/mol. The summed E-state index contributed by atoms with van der Waals surface area (Å²) in [6, 6.07) is 12.9. The van der Waals surface area contributed by atoms with E-state index in [1.807, 2.05) is 30.3 Å². The van der Waals surface area contributed by atoms with E-state index in [2.05, 4.69) is 0 Å². The number of alkyl halides is 2. The summed E-state index contributed by atoms with van der Waals surface area (Å²) in [6.07, 6.45) is -0.571. The summed E-state index contributed by atoms with van der Waals surface area (Å²) in [5.74, 6) is -1.62. The van der Waals surface area contributed by atoms with Gasteiger partial charge in [-0.1, -0.05) is 12.1 Å². The van der Waals surface area contributed by atoms with Crippen LogP contribution in [0.3, 0.4) is 0 Å². The Morgan fingerprint density at radius 2 is 1.83 bits per heavy atom. The van der Waals surface area contributed by atoms with Crippen LogP contribution in [-0.4, -0.2) is 36.9 Å². The quantitative estimate of drug-likeness (QED) is 0.703. The molecule has 4 rings (SSSR count). The third kappa shape index (κ3) is 3.82. The van der Waals surface area contributed by atoms with Gasteiger partial charge in [-0.25, -0.2) is 8.78 Å². The van der Waals surface area contributed by atoms with Crippen LogP contribution >= 0.6 is 0 Å². The van der Waals surface area contributed by atoms with Gasteiger partial charge in [-0.15, -0.1) is 0 Å². The number of likely N-dealkylation sites (tertiary alicyclic amines) is 1. The normalized spacial score (nSPS) is 16.2. The predicted molar refractivity (Wildman–Crippen MR) is 106 cm³/mol. The highest BCUT2D eigenvalue weighted by Gasteiger charge is 2.35.